The van der Waals surface area contributed by atoms with Crippen LogP contribution in [0, 0.1) is 11.7 Å². The van der Waals surface area contributed by atoms with Gasteiger partial charge in [-0.15, -0.1) is 0 Å². The van der Waals surface area contributed by atoms with Crippen molar-refractivity contribution < 1.29 is 9.18 Å². The quantitative estimate of drug-likeness (QED) is 0.381. The summed E-state index contributed by atoms with van der Waals surface area (Å²) in [5.41, 5.74) is 0. The number of nitrogens with one attached hydrogen (secondary N) is 3. The fourth-order valence-corrected chi connectivity index (χ4v) is 3.03. The van der Waals surface area contributed by atoms with Gasteiger partial charge in [0.1, 0.15) is 0 Å². The average molecular weight is 362 g/mol. The first kappa shape index (κ1) is 18.4. The molecule has 1 aliphatic heterocycles. The number of aliphatic imine (C=N–C) groups is 1. The molecule has 1 saturated carbocycles. The highest BCUT2D eigenvalue weighted by Crippen LogP contribution is 2.28. The van der Waals surface area contributed by atoms with Gasteiger partial charge in [-0.2, -0.15) is 0 Å². The maximum Gasteiger partial charge on any atom is 0.223 e. The molecule has 1 atom stereocenters. The number of nitrogens with zero attached hydrogens (tertiary/aromatic N) is 3. The molecule has 0 spiro atoms. The zero-order chi connectivity index (χ0) is 18.4. The molecule has 1 aromatic rings. The van der Waals surface area contributed by atoms with Crippen molar-refractivity contribution in [2.45, 2.75) is 32.2 Å². The Kier molecular flexibility index (Phi) is 6.25. The van der Waals surface area contributed by atoms with Crippen molar-refractivity contribution in [1.82, 2.24) is 20.9 Å². The molecular weight excluding hydrogens is 335 g/mol. The summed E-state index contributed by atoms with van der Waals surface area (Å²) in [4.78, 5) is 22.2. The van der Waals surface area contributed by atoms with Gasteiger partial charge in [0.05, 0.1) is 6.54 Å². The number of hydrogen-bond donors (Lipinski definition) is 3. The van der Waals surface area contributed by atoms with Crippen LogP contribution < -0.4 is 20.9 Å². The summed E-state index contributed by atoms with van der Waals surface area (Å²) in [6.07, 6.45) is 4.52. The number of aromatic nitrogens is 1. The van der Waals surface area contributed by atoms with E-state index in [1.807, 2.05) is 11.8 Å². The molecule has 2 aliphatic rings. The second-order valence-corrected chi connectivity index (χ2v) is 6.71. The van der Waals surface area contributed by atoms with Crippen LogP contribution in [0.4, 0.5) is 10.2 Å². The van der Waals surface area contributed by atoms with Crippen LogP contribution in [-0.4, -0.2) is 55.6 Å². The Hall–Kier alpha value is -2.38. The zero-order valence-corrected chi connectivity index (χ0v) is 15.2. The van der Waals surface area contributed by atoms with Gasteiger partial charge in [-0.25, -0.2) is 9.37 Å². The van der Waals surface area contributed by atoms with Crippen LogP contribution >= 0.6 is 0 Å². The predicted molar refractivity (Wildman–Crippen MR) is 99.7 cm³/mol. The highest BCUT2D eigenvalue weighted by molar-refractivity contribution is 5.81. The second kappa shape index (κ2) is 8.82. The van der Waals surface area contributed by atoms with Crippen LogP contribution in [0.15, 0.2) is 23.3 Å². The SMILES string of the molecule is CCNC(=NCCNC(=O)C1CC1)NC1CCN(c2ncccc2F)C1. The average Bonchev–Trinajstić information content (AvgIpc) is 3.39. The largest absolute Gasteiger partial charge is 0.357 e. The van der Waals surface area contributed by atoms with Crippen molar-refractivity contribution in [3.8, 4) is 0 Å². The summed E-state index contributed by atoms with van der Waals surface area (Å²) in [6, 6.07) is 3.21. The molecule has 0 bridgehead atoms. The highest BCUT2D eigenvalue weighted by Gasteiger charge is 2.29. The predicted octanol–water partition coefficient (Wildman–Crippen LogP) is 0.881. The number of anilines is 1. The van der Waals surface area contributed by atoms with Gasteiger partial charge in [-0.1, -0.05) is 0 Å². The van der Waals surface area contributed by atoms with E-state index in [-0.39, 0.29) is 23.7 Å². The van der Waals surface area contributed by atoms with Crippen LogP contribution in [0.5, 0.6) is 0 Å². The van der Waals surface area contributed by atoms with Crippen molar-refractivity contribution in [3.05, 3.63) is 24.1 Å². The van der Waals surface area contributed by atoms with Gasteiger partial charge in [-0.3, -0.25) is 9.79 Å². The van der Waals surface area contributed by atoms with Crippen molar-refractivity contribution in [2.75, 3.05) is 37.6 Å². The molecule has 1 aliphatic carbocycles. The smallest absolute Gasteiger partial charge is 0.223 e. The van der Waals surface area contributed by atoms with E-state index in [9.17, 15) is 9.18 Å². The van der Waals surface area contributed by atoms with Crippen molar-refractivity contribution in [3.63, 3.8) is 0 Å². The number of rotatable bonds is 7. The summed E-state index contributed by atoms with van der Waals surface area (Å²) < 4.78 is 13.9. The lowest BCUT2D eigenvalue weighted by Gasteiger charge is -2.20. The van der Waals surface area contributed by atoms with Crippen molar-refractivity contribution in [1.29, 1.82) is 0 Å². The maximum atomic E-state index is 13.9. The molecule has 1 amide bonds. The summed E-state index contributed by atoms with van der Waals surface area (Å²) >= 11 is 0. The van der Waals surface area contributed by atoms with E-state index >= 15 is 0 Å². The van der Waals surface area contributed by atoms with Crippen molar-refractivity contribution in [2.24, 2.45) is 10.9 Å². The molecular formula is C18H27FN6O. The molecule has 3 N–H and O–H groups in total. The van der Waals surface area contributed by atoms with Crippen molar-refractivity contribution >= 4 is 17.7 Å². The van der Waals surface area contributed by atoms with E-state index in [1.54, 1.807) is 12.3 Å². The Morgan fingerprint density at radius 2 is 2.23 bits per heavy atom. The number of halogens is 1. The van der Waals surface area contributed by atoms with Crippen LogP contribution in [0.1, 0.15) is 26.2 Å². The minimum Gasteiger partial charge on any atom is -0.357 e. The lowest BCUT2D eigenvalue weighted by molar-refractivity contribution is -0.122. The standard InChI is InChI=1S/C18H27FN6O/c1-2-20-18(23-10-9-22-17(26)13-5-6-13)24-14-7-11-25(12-14)16-15(19)4-3-8-21-16/h3-4,8,13-14H,2,5-7,9-12H2,1H3,(H,22,26)(H2,20,23,24). The van der Waals surface area contributed by atoms with Crippen LogP contribution in [-0.2, 0) is 4.79 Å². The first-order chi connectivity index (χ1) is 12.7. The second-order valence-electron chi connectivity index (χ2n) is 6.71. The molecule has 0 radical (unpaired) electrons. The summed E-state index contributed by atoms with van der Waals surface area (Å²) in [6.45, 7) is 5.27. The number of carbonyl (C=O) groups excluding carboxylic acids is 1. The molecule has 7 nitrogen and oxygen atoms in total. The van der Waals surface area contributed by atoms with Crippen LogP contribution in [0.2, 0.25) is 0 Å². The zero-order valence-electron chi connectivity index (χ0n) is 15.2. The molecule has 2 fully saturated rings. The van der Waals surface area contributed by atoms with Gasteiger partial charge in [0.2, 0.25) is 5.91 Å². The number of guanidine groups is 1. The van der Waals surface area contributed by atoms with E-state index in [2.05, 4.69) is 25.9 Å². The van der Waals surface area contributed by atoms with Gasteiger partial charge in [0.15, 0.2) is 17.6 Å². The highest BCUT2D eigenvalue weighted by atomic mass is 19.1. The third-order valence-corrected chi connectivity index (χ3v) is 4.54. The molecule has 1 unspecified atom stereocenters. The fourth-order valence-electron chi connectivity index (χ4n) is 3.03. The lowest BCUT2D eigenvalue weighted by Crippen LogP contribution is -2.45. The Morgan fingerprint density at radius 3 is 2.96 bits per heavy atom. The number of amides is 1. The van der Waals surface area contributed by atoms with E-state index < -0.39 is 0 Å². The van der Waals surface area contributed by atoms with Gasteiger partial charge in [0.25, 0.3) is 0 Å². The minimum absolute atomic E-state index is 0.141. The molecule has 1 aromatic heterocycles. The third-order valence-electron chi connectivity index (χ3n) is 4.54. The molecule has 142 valence electrons. The normalized spacial score (nSPS) is 20.2. The van der Waals surface area contributed by atoms with E-state index in [4.69, 9.17) is 0 Å². The molecule has 3 rings (SSSR count). The Balaban J connectivity index is 1.47. The first-order valence-electron chi connectivity index (χ1n) is 9.35. The summed E-state index contributed by atoms with van der Waals surface area (Å²) in [5.74, 6) is 1.20. The fraction of sp³-hybridized carbons (Fsp3) is 0.611. The number of pyridine rings is 1. The number of hydrogen-bond acceptors (Lipinski definition) is 4. The summed E-state index contributed by atoms with van der Waals surface area (Å²) in [5, 5.41) is 9.52. The van der Waals surface area contributed by atoms with Gasteiger partial charge < -0.3 is 20.9 Å². The van der Waals surface area contributed by atoms with E-state index in [1.165, 1.54) is 6.07 Å². The first-order valence-corrected chi connectivity index (χ1v) is 9.35. The molecule has 26 heavy (non-hydrogen) atoms. The number of carbonyl (C=O) groups is 1. The van der Waals surface area contributed by atoms with Crippen LogP contribution in [0.3, 0.4) is 0 Å². The molecule has 8 heteroatoms. The Bertz CT molecular complexity index is 648. The minimum atomic E-state index is -0.292. The Morgan fingerprint density at radius 1 is 1.38 bits per heavy atom. The van der Waals surface area contributed by atoms with E-state index in [0.29, 0.717) is 25.5 Å². The van der Waals surface area contributed by atoms with Gasteiger partial charge in [0, 0.05) is 44.3 Å². The molecule has 0 aromatic carbocycles. The molecule has 2 heterocycles. The molecule has 1 saturated heterocycles. The van der Waals surface area contributed by atoms with Crippen LogP contribution in [0.25, 0.3) is 0 Å². The monoisotopic (exact) mass is 362 g/mol. The Labute approximate surface area is 153 Å². The summed E-state index contributed by atoms with van der Waals surface area (Å²) in [7, 11) is 0. The maximum absolute atomic E-state index is 13.9. The van der Waals surface area contributed by atoms with Gasteiger partial charge in [-0.05, 0) is 38.3 Å². The third kappa shape index (κ3) is 5.06. The lowest BCUT2D eigenvalue weighted by atomic mass is 10.3. The topological polar surface area (TPSA) is 81.6 Å². The van der Waals surface area contributed by atoms with Gasteiger partial charge >= 0.3 is 0 Å². The van der Waals surface area contributed by atoms with E-state index in [0.717, 1.165) is 38.3 Å².